The minimum Gasteiger partial charge on any atom is -0.339 e. The fourth-order valence-electron chi connectivity index (χ4n) is 1.96. The van der Waals surface area contributed by atoms with E-state index in [0.717, 1.165) is 12.1 Å². The van der Waals surface area contributed by atoms with Gasteiger partial charge in [-0.15, -0.1) is 0 Å². The molecule has 0 radical (unpaired) electrons. The van der Waals surface area contributed by atoms with Crippen molar-refractivity contribution in [2.24, 2.45) is 0 Å². The molecule has 0 spiro atoms. The van der Waals surface area contributed by atoms with Gasteiger partial charge in [-0.1, -0.05) is 11.6 Å². The van der Waals surface area contributed by atoms with E-state index >= 15 is 0 Å². The minimum atomic E-state index is -4.45. The van der Waals surface area contributed by atoms with E-state index in [2.05, 4.69) is 20.4 Å². The van der Waals surface area contributed by atoms with Gasteiger partial charge in [0.15, 0.2) is 0 Å². The first kappa shape index (κ1) is 14.6. The number of nitrogens with zero attached hydrogens (tertiary/aromatic N) is 4. The largest absolute Gasteiger partial charge is 0.416 e. The Kier molecular flexibility index (Phi) is 3.40. The fraction of sp³-hybridized carbons (Fsp3) is 0.154. The molecule has 1 aromatic carbocycles. The van der Waals surface area contributed by atoms with E-state index in [-0.39, 0.29) is 10.7 Å². The Hall–Kier alpha value is -2.35. The number of alkyl halides is 3. The van der Waals surface area contributed by atoms with E-state index in [1.165, 1.54) is 16.9 Å². The summed E-state index contributed by atoms with van der Waals surface area (Å²) in [6.45, 7) is 1.74. The maximum absolute atomic E-state index is 12.8. The third-order valence-electron chi connectivity index (χ3n) is 2.94. The third-order valence-corrected chi connectivity index (χ3v) is 3.27. The van der Waals surface area contributed by atoms with Crippen molar-refractivity contribution in [1.29, 1.82) is 0 Å². The molecule has 2 heterocycles. The predicted octanol–water partition coefficient (Wildman–Crippen LogP) is 3.85. The molecule has 0 atom stereocenters. The molecule has 5 nitrogen and oxygen atoms in total. The monoisotopic (exact) mass is 327 g/mol. The highest BCUT2D eigenvalue weighted by molar-refractivity contribution is 6.33. The molecule has 0 amide bonds. The predicted molar refractivity (Wildman–Crippen MR) is 75.3 cm³/mol. The van der Waals surface area contributed by atoms with Crippen molar-refractivity contribution < 1.29 is 13.2 Å². The van der Waals surface area contributed by atoms with Crippen LogP contribution < -0.4 is 5.32 Å². The van der Waals surface area contributed by atoms with E-state index in [1.54, 1.807) is 13.0 Å². The molecule has 3 aromatic rings. The van der Waals surface area contributed by atoms with Gasteiger partial charge in [-0.3, -0.25) is 0 Å². The zero-order valence-electron chi connectivity index (χ0n) is 11.2. The minimum absolute atomic E-state index is 0.124. The highest BCUT2D eigenvalue weighted by Gasteiger charge is 2.31. The van der Waals surface area contributed by atoms with Gasteiger partial charge in [-0.2, -0.15) is 27.8 Å². The Morgan fingerprint density at radius 2 is 2.00 bits per heavy atom. The van der Waals surface area contributed by atoms with Crippen molar-refractivity contribution >= 4 is 28.9 Å². The van der Waals surface area contributed by atoms with Crippen molar-refractivity contribution in [3.8, 4) is 0 Å². The summed E-state index contributed by atoms with van der Waals surface area (Å²) in [7, 11) is 0. The van der Waals surface area contributed by atoms with Crippen LogP contribution in [0, 0.1) is 6.92 Å². The second-order valence-electron chi connectivity index (χ2n) is 4.57. The second-order valence-corrected chi connectivity index (χ2v) is 4.98. The molecular weight excluding hydrogens is 319 g/mol. The molecule has 1 N–H and O–H groups in total. The first-order valence-corrected chi connectivity index (χ1v) is 6.53. The van der Waals surface area contributed by atoms with Crippen LogP contribution in [0.25, 0.3) is 5.78 Å². The third kappa shape index (κ3) is 2.69. The summed E-state index contributed by atoms with van der Waals surface area (Å²) in [5.41, 5.74) is -0.0231. The number of aryl methyl sites for hydroxylation is 1. The van der Waals surface area contributed by atoms with E-state index in [0.29, 0.717) is 17.3 Å². The normalized spacial score (nSPS) is 11.9. The van der Waals surface area contributed by atoms with Crippen molar-refractivity contribution in [3.05, 3.63) is 46.9 Å². The van der Waals surface area contributed by atoms with Crippen molar-refractivity contribution in [1.82, 2.24) is 19.6 Å². The van der Waals surface area contributed by atoms with Gasteiger partial charge in [0.25, 0.3) is 5.78 Å². The summed E-state index contributed by atoms with van der Waals surface area (Å²) in [6, 6.07) is 4.70. The second kappa shape index (κ2) is 5.13. The number of halogens is 4. The van der Waals surface area contributed by atoms with Gasteiger partial charge in [0, 0.05) is 11.8 Å². The number of anilines is 2. The van der Waals surface area contributed by atoms with Crippen LogP contribution >= 0.6 is 11.6 Å². The number of hydrogen-bond donors (Lipinski definition) is 1. The first-order chi connectivity index (χ1) is 10.3. The first-order valence-electron chi connectivity index (χ1n) is 6.16. The summed E-state index contributed by atoms with van der Waals surface area (Å²) >= 11 is 5.97. The van der Waals surface area contributed by atoms with Gasteiger partial charge in [-0.05, 0) is 25.1 Å². The lowest BCUT2D eigenvalue weighted by molar-refractivity contribution is -0.137. The van der Waals surface area contributed by atoms with E-state index in [9.17, 15) is 13.2 Å². The quantitative estimate of drug-likeness (QED) is 0.777. The average Bonchev–Trinajstić information content (AvgIpc) is 2.88. The fourth-order valence-corrected chi connectivity index (χ4v) is 2.12. The van der Waals surface area contributed by atoms with E-state index < -0.39 is 11.7 Å². The Morgan fingerprint density at radius 1 is 1.23 bits per heavy atom. The van der Waals surface area contributed by atoms with Gasteiger partial charge in [0.2, 0.25) is 0 Å². The lowest BCUT2D eigenvalue weighted by atomic mass is 10.2. The molecule has 0 unspecified atom stereocenters. The summed E-state index contributed by atoms with van der Waals surface area (Å²) in [5.74, 6) is 0.756. The Balaban J connectivity index is 2.07. The number of fused-ring (bicyclic) bond motifs is 1. The van der Waals surface area contributed by atoms with Gasteiger partial charge < -0.3 is 5.32 Å². The van der Waals surface area contributed by atoms with Gasteiger partial charge in [-0.25, -0.2) is 4.98 Å². The van der Waals surface area contributed by atoms with Gasteiger partial charge in [0.1, 0.15) is 12.1 Å². The number of rotatable bonds is 2. The average molecular weight is 328 g/mol. The standard InChI is InChI=1S/C13H9ClF3N5/c1-7-4-11(22-12(20-7)18-6-19-22)21-10-5-8(13(15,16)17)2-3-9(10)14/h2-6,21H,1H3. The molecule has 9 heteroatoms. The van der Waals surface area contributed by atoms with Gasteiger partial charge >= 0.3 is 6.18 Å². The number of nitrogens with one attached hydrogen (secondary N) is 1. The van der Waals surface area contributed by atoms with Crippen molar-refractivity contribution in [3.63, 3.8) is 0 Å². The Bertz CT molecular complexity index is 843. The smallest absolute Gasteiger partial charge is 0.339 e. The van der Waals surface area contributed by atoms with Crippen LogP contribution in [-0.2, 0) is 6.18 Å². The maximum atomic E-state index is 12.8. The molecule has 2 aromatic heterocycles. The SMILES string of the molecule is Cc1cc(Nc2cc(C(F)(F)F)ccc2Cl)n2ncnc2n1. The van der Waals surface area contributed by atoms with Crippen LogP contribution in [0.2, 0.25) is 5.02 Å². The Labute approximate surface area is 127 Å². The molecule has 0 aliphatic carbocycles. The summed E-state index contributed by atoms with van der Waals surface area (Å²) in [5, 5.41) is 6.98. The van der Waals surface area contributed by atoms with Crippen LogP contribution in [0.1, 0.15) is 11.3 Å². The van der Waals surface area contributed by atoms with Gasteiger partial charge in [0.05, 0.1) is 16.3 Å². The maximum Gasteiger partial charge on any atom is 0.416 e. The molecule has 22 heavy (non-hydrogen) atoms. The molecule has 0 aliphatic heterocycles. The molecule has 0 bridgehead atoms. The van der Waals surface area contributed by atoms with Crippen LogP contribution in [0.4, 0.5) is 24.7 Å². The van der Waals surface area contributed by atoms with E-state index in [1.807, 2.05) is 0 Å². The van der Waals surface area contributed by atoms with Crippen molar-refractivity contribution in [2.45, 2.75) is 13.1 Å². The van der Waals surface area contributed by atoms with E-state index in [4.69, 9.17) is 11.6 Å². The lowest BCUT2D eigenvalue weighted by Crippen LogP contribution is -2.07. The number of benzene rings is 1. The molecule has 0 aliphatic rings. The van der Waals surface area contributed by atoms with Crippen molar-refractivity contribution in [2.75, 3.05) is 5.32 Å². The van der Waals surface area contributed by atoms with Crippen LogP contribution in [-0.4, -0.2) is 19.6 Å². The summed E-state index contributed by atoms with van der Waals surface area (Å²) in [6.07, 6.45) is -3.14. The highest BCUT2D eigenvalue weighted by atomic mass is 35.5. The number of hydrogen-bond acceptors (Lipinski definition) is 4. The Morgan fingerprint density at radius 3 is 2.73 bits per heavy atom. The summed E-state index contributed by atoms with van der Waals surface area (Å²) < 4.78 is 39.8. The highest BCUT2D eigenvalue weighted by Crippen LogP contribution is 2.34. The number of aromatic nitrogens is 4. The molecule has 0 saturated carbocycles. The zero-order valence-corrected chi connectivity index (χ0v) is 11.9. The summed E-state index contributed by atoms with van der Waals surface area (Å²) in [4.78, 5) is 8.10. The van der Waals surface area contributed by atoms with Crippen LogP contribution in [0.3, 0.4) is 0 Å². The molecule has 3 rings (SSSR count). The van der Waals surface area contributed by atoms with Crippen LogP contribution in [0.15, 0.2) is 30.6 Å². The lowest BCUT2D eigenvalue weighted by Gasteiger charge is -2.13. The molecule has 114 valence electrons. The van der Waals surface area contributed by atoms with Crippen LogP contribution in [0.5, 0.6) is 0 Å². The molecule has 0 fully saturated rings. The molecular formula is C13H9ClF3N5. The zero-order chi connectivity index (χ0) is 15.9. The molecule has 0 saturated heterocycles. The topological polar surface area (TPSA) is 55.1 Å².